The zero-order chi connectivity index (χ0) is 10.1. The number of nitrogens with zero attached hydrogens (tertiary/aromatic N) is 1. The number of rotatable bonds is 1. The maximum atomic E-state index is 5.77. The predicted molar refractivity (Wildman–Crippen MR) is 55.3 cm³/mol. The van der Waals surface area contributed by atoms with Gasteiger partial charge in [-0.2, -0.15) is 0 Å². The first-order chi connectivity index (χ1) is 7.43. The molecular formula is C12H9NO2. The molecule has 0 saturated heterocycles. The van der Waals surface area contributed by atoms with Crippen LogP contribution in [0.15, 0.2) is 47.2 Å². The molecule has 1 aliphatic rings. The predicted octanol–water partition coefficient (Wildman–Crippen LogP) is 2.82. The highest BCUT2D eigenvalue weighted by atomic mass is 16.5. The van der Waals surface area contributed by atoms with Gasteiger partial charge in [-0.25, -0.2) is 0 Å². The van der Waals surface area contributed by atoms with Gasteiger partial charge < -0.3 is 9.26 Å². The number of fused-ring (bicyclic) bond motifs is 1. The van der Waals surface area contributed by atoms with Crippen LogP contribution in [0.2, 0.25) is 0 Å². The van der Waals surface area contributed by atoms with Gasteiger partial charge in [0.05, 0.1) is 0 Å². The summed E-state index contributed by atoms with van der Waals surface area (Å²) in [5.41, 5.74) is 1.89. The van der Waals surface area contributed by atoms with Gasteiger partial charge in [0.2, 0.25) is 0 Å². The lowest BCUT2D eigenvalue weighted by atomic mass is 10.1. The zero-order valence-corrected chi connectivity index (χ0v) is 7.96. The van der Waals surface area contributed by atoms with E-state index < -0.39 is 0 Å². The Labute approximate surface area is 87.0 Å². The van der Waals surface area contributed by atoms with Crippen molar-refractivity contribution in [2.75, 3.05) is 0 Å². The molecule has 1 aromatic heterocycles. The van der Waals surface area contributed by atoms with E-state index >= 15 is 0 Å². The average Bonchev–Trinajstić information content (AvgIpc) is 2.82. The van der Waals surface area contributed by atoms with Crippen LogP contribution in [-0.2, 0) is 0 Å². The molecule has 3 rings (SSSR count). The van der Waals surface area contributed by atoms with Crippen molar-refractivity contribution in [3.63, 3.8) is 0 Å². The molecule has 0 fully saturated rings. The molecule has 3 heteroatoms. The Morgan fingerprint density at radius 2 is 2.07 bits per heavy atom. The van der Waals surface area contributed by atoms with Gasteiger partial charge in [0.15, 0.2) is 6.10 Å². The Balaban J connectivity index is 1.96. The first-order valence-corrected chi connectivity index (χ1v) is 4.78. The highest BCUT2D eigenvalue weighted by Gasteiger charge is 2.17. The number of hydrogen-bond acceptors (Lipinski definition) is 3. The fourth-order valence-electron chi connectivity index (χ4n) is 1.62. The van der Waals surface area contributed by atoms with E-state index in [1.165, 1.54) is 0 Å². The van der Waals surface area contributed by atoms with Crippen molar-refractivity contribution in [3.05, 3.63) is 53.9 Å². The Morgan fingerprint density at radius 1 is 1.13 bits per heavy atom. The summed E-state index contributed by atoms with van der Waals surface area (Å²) in [5, 5.41) is 3.86. The number of ether oxygens (including phenoxy) is 1. The van der Waals surface area contributed by atoms with Gasteiger partial charge >= 0.3 is 0 Å². The van der Waals surface area contributed by atoms with Crippen molar-refractivity contribution in [1.82, 2.24) is 5.16 Å². The van der Waals surface area contributed by atoms with Crippen molar-refractivity contribution in [1.29, 1.82) is 0 Å². The molecule has 0 aliphatic carbocycles. The third kappa shape index (κ3) is 1.42. The van der Waals surface area contributed by atoms with Crippen LogP contribution in [0.25, 0.3) is 6.08 Å². The molecule has 1 aliphatic heterocycles. The number of para-hydroxylation sites is 1. The summed E-state index contributed by atoms with van der Waals surface area (Å²) in [6.45, 7) is 0. The molecule has 15 heavy (non-hydrogen) atoms. The third-order valence-corrected chi connectivity index (χ3v) is 2.37. The first kappa shape index (κ1) is 8.29. The topological polar surface area (TPSA) is 35.3 Å². The Morgan fingerprint density at radius 3 is 2.93 bits per heavy atom. The van der Waals surface area contributed by atoms with E-state index in [-0.39, 0.29) is 6.10 Å². The van der Waals surface area contributed by atoms with Gasteiger partial charge in [0.25, 0.3) is 0 Å². The summed E-state index contributed by atoms with van der Waals surface area (Å²) < 4.78 is 10.6. The lowest BCUT2D eigenvalue weighted by molar-refractivity contribution is 0.238. The summed E-state index contributed by atoms with van der Waals surface area (Å²) in [6.07, 6.45) is 5.42. The maximum Gasteiger partial charge on any atom is 0.163 e. The fraction of sp³-hybridized carbons (Fsp3) is 0.0833. The molecule has 74 valence electrons. The van der Waals surface area contributed by atoms with Gasteiger partial charge in [0, 0.05) is 11.6 Å². The minimum atomic E-state index is -0.140. The molecule has 0 radical (unpaired) electrons. The van der Waals surface area contributed by atoms with Crippen molar-refractivity contribution in [2.24, 2.45) is 0 Å². The van der Waals surface area contributed by atoms with Gasteiger partial charge in [-0.3, -0.25) is 0 Å². The second-order valence-electron chi connectivity index (χ2n) is 3.36. The molecular weight excluding hydrogens is 190 g/mol. The van der Waals surface area contributed by atoms with E-state index in [0.29, 0.717) is 0 Å². The van der Waals surface area contributed by atoms with Crippen LogP contribution in [0.3, 0.4) is 0 Å². The van der Waals surface area contributed by atoms with E-state index in [2.05, 4.69) is 5.16 Å². The molecule has 1 unspecified atom stereocenters. The van der Waals surface area contributed by atoms with Crippen LogP contribution >= 0.6 is 0 Å². The highest BCUT2D eigenvalue weighted by Crippen LogP contribution is 2.31. The standard InChI is InChI=1S/C12H9NO2/c1-2-4-11-9(3-1)5-6-12(15-11)10-7-8-14-13-10/h1-8,12H. The second-order valence-corrected chi connectivity index (χ2v) is 3.36. The van der Waals surface area contributed by atoms with Crippen LogP contribution < -0.4 is 4.74 Å². The van der Waals surface area contributed by atoms with Gasteiger partial charge in [-0.1, -0.05) is 29.4 Å². The minimum Gasteiger partial charge on any atom is -0.479 e. The van der Waals surface area contributed by atoms with E-state index in [1.54, 1.807) is 6.26 Å². The molecule has 0 bridgehead atoms. The molecule has 0 saturated carbocycles. The van der Waals surface area contributed by atoms with Gasteiger partial charge in [-0.05, 0) is 12.1 Å². The van der Waals surface area contributed by atoms with Crippen molar-refractivity contribution in [3.8, 4) is 5.75 Å². The SMILES string of the molecule is C1=CC(c2ccon2)Oc2ccccc21. The molecule has 2 aromatic rings. The Bertz CT molecular complexity index is 488. The van der Waals surface area contributed by atoms with Crippen LogP contribution in [0.1, 0.15) is 17.4 Å². The van der Waals surface area contributed by atoms with Crippen LogP contribution in [0, 0.1) is 0 Å². The average molecular weight is 199 g/mol. The Kier molecular flexibility index (Phi) is 1.81. The van der Waals surface area contributed by atoms with E-state index in [4.69, 9.17) is 9.26 Å². The zero-order valence-electron chi connectivity index (χ0n) is 7.96. The van der Waals surface area contributed by atoms with Crippen molar-refractivity contribution in [2.45, 2.75) is 6.10 Å². The summed E-state index contributed by atoms with van der Waals surface area (Å²) >= 11 is 0. The molecule has 3 nitrogen and oxygen atoms in total. The molecule has 0 spiro atoms. The number of hydrogen-bond donors (Lipinski definition) is 0. The van der Waals surface area contributed by atoms with E-state index in [0.717, 1.165) is 17.0 Å². The van der Waals surface area contributed by atoms with Crippen LogP contribution in [-0.4, -0.2) is 5.16 Å². The summed E-state index contributed by atoms with van der Waals surface area (Å²) in [4.78, 5) is 0. The smallest absolute Gasteiger partial charge is 0.163 e. The molecule has 0 amide bonds. The summed E-state index contributed by atoms with van der Waals surface area (Å²) in [6, 6.07) is 9.72. The molecule has 2 heterocycles. The second kappa shape index (κ2) is 3.28. The largest absolute Gasteiger partial charge is 0.479 e. The quantitative estimate of drug-likeness (QED) is 0.708. The third-order valence-electron chi connectivity index (χ3n) is 2.37. The fourth-order valence-corrected chi connectivity index (χ4v) is 1.62. The molecule has 1 atom stereocenters. The monoisotopic (exact) mass is 199 g/mol. The normalized spacial score (nSPS) is 18.3. The number of benzene rings is 1. The lowest BCUT2D eigenvalue weighted by Crippen LogP contribution is -2.08. The minimum absolute atomic E-state index is 0.140. The first-order valence-electron chi connectivity index (χ1n) is 4.78. The van der Waals surface area contributed by atoms with Crippen LogP contribution in [0.4, 0.5) is 0 Å². The van der Waals surface area contributed by atoms with Crippen molar-refractivity contribution >= 4 is 6.08 Å². The van der Waals surface area contributed by atoms with Gasteiger partial charge in [0.1, 0.15) is 17.7 Å². The maximum absolute atomic E-state index is 5.77. The Hall–Kier alpha value is -2.03. The summed E-state index contributed by atoms with van der Waals surface area (Å²) in [7, 11) is 0. The van der Waals surface area contributed by atoms with E-state index in [9.17, 15) is 0 Å². The van der Waals surface area contributed by atoms with Crippen molar-refractivity contribution < 1.29 is 9.26 Å². The summed E-state index contributed by atoms with van der Waals surface area (Å²) in [5.74, 6) is 0.882. The van der Waals surface area contributed by atoms with E-state index in [1.807, 2.05) is 42.5 Å². The molecule has 0 N–H and O–H groups in total. The highest BCUT2D eigenvalue weighted by molar-refractivity contribution is 5.60. The number of aromatic nitrogens is 1. The lowest BCUT2D eigenvalue weighted by Gasteiger charge is -2.19. The van der Waals surface area contributed by atoms with Gasteiger partial charge in [-0.15, -0.1) is 0 Å². The van der Waals surface area contributed by atoms with Crippen LogP contribution in [0.5, 0.6) is 5.75 Å². The molecule has 1 aromatic carbocycles.